The molecule has 0 saturated heterocycles. The third kappa shape index (κ3) is 2.14. The van der Waals surface area contributed by atoms with E-state index in [4.69, 9.17) is 11.6 Å². The summed E-state index contributed by atoms with van der Waals surface area (Å²) in [5.74, 6) is -1.00. The molecule has 0 bridgehead atoms. The molecular formula is C11H9ClN3O2-. The molecule has 2 rings (SSSR count). The van der Waals surface area contributed by atoms with Gasteiger partial charge in [0.15, 0.2) is 5.82 Å². The highest BCUT2D eigenvalue weighted by molar-refractivity contribution is 6.33. The maximum Gasteiger partial charge on any atom is 0.154 e. The minimum absolute atomic E-state index is 0.0512. The second kappa shape index (κ2) is 4.18. The number of hydrogen-bond donors (Lipinski definition) is 0. The van der Waals surface area contributed by atoms with E-state index in [0.29, 0.717) is 5.82 Å². The van der Waals surface area contributed by atoms with Crippen molar-refractivity contribution < 1.29 is 9.90 Å². The van der Waals surface area contributed by atoms with Crippen molar-refractivity contribution >= 4 is 17.6 Å². The average molecular weight is 251 g/mol. The molecule has 0 fully saturated rings. The zero-order valence-corrected chi connectivity index (χ0v) is 10.0. The Morgan fingerprint density at radius 2 is 2.12 bits per heavy atom. The number of carboxylic acids is 1. The van der Waals surface area contributed by atoms with E-state index in [2.05, 4.69) is 10.1 Å². The number of carbonyl (C=O) groups is 1. The minimum atomic E-state index is -1.40. The second-order valence-electron chi connectivity index (χ2n) is 3.63. The van der Waals surface area contributed by atoms with Crippen LogP contribution in [-0.2, 0) is 0 Å². The lowest BCUT2D eigenvalue weighted by molar-refractivity contribution is -0.255. The summed E-state index contributed by atoms with van der Waals surface area (Å²) >= 11 is 5.71. The van der Waals surface area contributed by atoms with E-state index in [1.165, 1.54) is 6.07 Å². The van der Waals surface area contributed by atoms with Gasteiger partial charge in [-0.3, -0.25) is 0 Å². The highest BCUT2D eigenvalue weighted by Gasteiger charge is 2.09. The quantitative estimate of drug-likeness (QED) is 0.794. The van der Waals surface area contributed by atoms with Crippen LogP contribution in [0.15, 0.2) is 18.2 Å². The van der Waals surface area contributed by atoms with Crippen molar-refractivity contribution in [3.05, 3.63) is 40.3 Å². The average Bonchev–Trinajstić information content (AvgIpc) is 2.58. The summed E-state index contributed by atoms with van der Waals surface area (Å²) in [4.78, 5) is 14.7. The molecule has 17 heavy (non-hydrogen) atoms. The summed E-state index contributed by atoms with van der Waals surface area (Å²) in [5.41, 5.74) is 1.41. The van der Waals surface area contributed by atoms with Crippen molar-refractivity contribution in [2.45, 2.75) is 13.8 Å². The monoisotopic (exact) mass is 250 g/mol. The molecule has 0 aliphatic heterocycles. The molecule has 0 spiro atoms. The molecule has 88 valence electrons. The summed E-state index contributed by atoms with van der Waals surface area (Å²) in [6, 6.07) is 4.94. The van der Waals surface area contributed by atoms with Crippen LogP contribution in [0.5, 0.6) is 0 Å². The molecule has 5 nitrogen and oxygen atoms in total. The van der Waals surface area contributed by atoms with Gasteiger partial charge in [-0.05, 0) is 32.0 Å². The maximum atomic E-state index is 10.8. The molecule has 0 radical (unpaired) electrons. The van der Waals surface area contributed by atoms with Crippen molar-refractivity contribution in [3.63, 3.8) is 0 Å². The zero-order valence-electron chi connectivity index (χ0n) is 9.27. The van der Waals surface area contributed by atoms with Crippen LogP contribution in [0.1, 0.15) is 21.9 Å². The van der Waals surface area contributed by atoms with Crippen molar-refractivity contribution in [2.24, 2.45) is 0 Å². The van der Waals surface area contributed by atoms with Crippen LogP contribution in [0.3, 0.4) is 0 Å². The first kappa shape index (κ1) is 11.6. The Morgan fingerprint density at radius 1 is 1.41 bits per heavy atom. The number of rotatable bonds is 2. The molecule has 2 heterocycles. The van der Waals surface area contributed by atoms with Crippen LogP contribution in [0, 0.1) is 13.8 Å². The fourth-order valence-electron chi connectivity index (χ4n) is 1.55. The minimum Gasteiger partial charge on any atom is -0.543 e. The van der Waals surface area contributed by atoms with E-state index in [0.717, 1.165) is 11.4 Å². The third-order valence-corrected chi connectivity index (χ3v) is 2.56. The second-order valence-corrected chi connectivity index (χ2v) is 4.03. The maximum absolute atomic E-state index is 10.8. The molecule has 2 aromatic heterocycles. The van der Waals surface area contributed by atoms with Crippen LogP contribution in [0.4, 0.5) is 0 Å². The largest absolute Gasteiger partial charge is 0.543 e. The van der Waals surface area contributed by atoms with Crippen LogP contribution in [-0.4, -0.2) is 20.7 Å². The number of nitrogens with zero attached hydrogens (tertiary/aromatic N) is 3. The summed E-state index contributed by atoms with van der Waals surface area (Å²) in [5, 5.41) is 15.1. The lowest BCUT2D eigenvalue weighted by Gasteiger charge is -2.08. The van der Waals surface area contributed by atoms with Gasteiger partial charge in [-0.1, -0.05) is 11.6 Å². The van der Waals surface area contributed by atoms with Gasteiger partial charge in [0.1, 0.15) is 5.69 Å². The smallest absolute Gasteiger partial charge is 0.154 e. The SMILES string of the molecule is Cc1cc(C)n(-c2ccc(Cl)c(C(=O)[O-])n2)n1. The molecule has 2 aromatic rings. The summed E-state index contributed by atoms with van der Waals surface area (Å²) in [7, 11) is 0. The Morgan fingerprint density at radius 3 is 2.65 bits per heavy atom. The predicted molar refractivity (Wildman–Crippen MR) is 60.2 cm³/mol. The number of hydrogen-bond acceptors (Lipinski definition) is 4. The molecule has 0 amide bonds. The molecule has 0 unspecified atom stereocenters. The van der Waals surface area contributed by atoms with Gasteiger partial charge >= 0.3 is 0 Å². The first-order valence-corrected chi connectivity index (χ1v) is 5.28. The standard InChI is InChI=1S/C11H10ClN3O2/c1-6-5-7(2)15(14-6)9-4-3-8(12)10(13-9)11(16)17/h3-5H,1-2H3,(H,16,17)/p-1. The molecular weight excluding hydrogens is 242 g/mol. The van der Waals surface area contributed by atoms with Gasteiger partial charge in [-0.2, -0.15) is 5.10 Å². The fraction of sp³-hybridized carbons (Fsp3) is 0.182. The van der Waals surface area contributed by atoms with Crippen LogP contribution in [0.2, 0.25) is 5.02 Å². The summed E-state index contributed by atoms with van der Waals surface area (Å²) in [6.07, 6.45) is 0. The van der Waals surface area contributed by atoms with E-state index in [-0.39, 0.29) is 10.7 Å². The van der Waals surface area contributed by atoms with Gasteiger partial charge in [-0.25, -0.2) is 9.67 Å². The topological polar surface area (TPSA) is 70.8 Å². The van der Waals surface area contributed by atoms with E-state index in [9.17, 15) is 9.90 Å². The van der Waals surface area contributed by atoms with Crippen LogP contribution in [0.25, 0.3) is 5.82 Å². The Labute approximate surface area is 103 Å². The number of aromatic carboxylic acids is 1. The molecule has 6 heteroatoms. The van der Waals surface area contributed by atoms with Gasteiger partial charge < -0.3 is 9.90 Å². The van der Waals surface area contributed by atoms with Crippen molar-refractivity contribution in [1.82, 2.24) is 14.8 Å². The van der Waals surface area contributed by atoms with Gasteiger partial charge in [0.25, 0.3) is 0 Å². The molecule has 0 saturated carbocycles. The Bertz CT molecular complexity index is 592. The number of aryl methyl sites for hydroxylation is 2. The molecule has 0 aromatic carbocycles. The first-order valence-electron chi connectivity index (χ1n) is 4.90. The normalized spacial score (nSPS) is 10.5. The van der Waals surface area contributed by atoms with Gasteiger partial charge in [0, 0.05) is 5.69 Å². The van der Waals surface area contributed by atoms with E-state index in [1.54, 1.807) is 10.7 Å². The van der Waals surface area contributed by atoms with Gasteiger partial charge in [0.2, 0.25) is 0 Å². The number of carboxylic acid groups (broad SMARTS) is 1. The highest BCUT2D eigenvalue weighted by Crippen LogP contribution is 2.16. The highest BCUT2D eigenvalue weighted by atomic mass is 35.5. The number of pyridine rings is 1. The molecule has 0 N–H and O–H groups in total. The van der Waals surface area contributed by atoms with Gasteiger partial charge in [0.05, 0.1) is 16.7 Å². The first-order chi connectivity index (χ1) is 7.99. The lowest BCUT2D eigenvalue weighted by atomic mass is 10.3. The van der Waals surface area contributed by atoms with Crippen molar-refractivity contribution in [2.75, 3.05) is 0 Å². The van der Waals surface area contributed by atoms with Crippen molar-refractivity contribution in [1.29, 1.82) is 0 Å². The van der Waals surface area contributed by atoms with E-state index in [1.807, 2.05) is 19.9 Å². The number of carbonyl (C=O) groups excluding carboxylic acids is 1. The summed E-state index contributed by atoms with van der Waals surface area (Å²) < 4.78 is 1.55. The fourth-order valence-corrected chi connectivity index (χ4v) is 1.74. The third-order valence-electron chi connectivity index (χ3n) is 2.25. The van der Waals surface area contributed by atoms with E-state index < -0.39 is 5.97 Å². The number of halogens is 1. The lowest BCUT2D eigenvalue weighted by Crippen LogP contribution is -2.24. The Kier molecular flexibility index (Phi) is 2.85. The van der Waals surface area contributed by atoms with E-state index >= 15 is 0 Å². The molecule has 0 aliphatic rings. The number of aromatic nitrogens is 3. The molecule has 0 atom stereocenters. The Hall–Kier alpha value is -1.88. The van der Waals surface area contributed by atoms with Gasteiger partial charge in [-0.15, -0.1) is 0 Å². The Balaban J connectivity index is 2.57. The van der Waals surface area contributed by atoms with Crippen LogP contribution < -0.4 is 5.11 Å². The van der Waals surface area contributed by atoms with Crippen molar-refractivity contribution in [3.8, 4) is 5.82 Å². The molecule has 0 aliphatic carbocycles. The summed E-state index contributed by atoms with van der Waals surface area (Å²) in [6.45, 7) is 3.70. The van der Waals surface area contributed by atoms with Crippen LogP contribution >= 0.6 is 11.6 Å². The predicted octanol–water partition coefficient (Wildman–Crippen LogP) is 0.901. The zero-order chi connectivity index (χ0) is 12.6.